The number of carbonyl (C=O) groups is 2. The first-order valence-corrected chi connectivity index (χ1v) is 10.9. The molecule has 3 aromatic heterocycles. The molecule has 3 aromatic rings. The summed E-state index contributed by atoms with van der Waals surface area (Å²) in [5.74, 6) is 0.891. The fourth-order valence-electron chi connectivity index (χ4n) is 4.23. The first-order chi connectivity index (χ1) is 14.7. The molecule has 1 N–H and O–H groups in total. The predicted molar refractivity (Wildman–Crippen MR) is 116 cm³/mol. The average molecular weight is 405 g/mol. The average Bonchev–Trinajstić information content (AvgIpc) is 3.24. The lowest BCUT2D eigenvalue weighted by Crippen LogP contribution is -2.38. The molecule has 1 amide bonds. The normalized spacial score (nSPS) is 14.9. The number of hydrogen-bond acceptors (Lipinski definition) is 4. The molecular formula is C24H28N4O2. The van der Waals surface area contributed by atoms with E-state index in [9.17, 15) is 9.59 Å². The molecule has 0 spiro atoms. The van der Waals surface area contributed by atoms with Crippen LogP contribution in [0.5, 0.6) is 0 Å². The molecule has 0 unspecified atom stereocenters. The van der Waals surface area contributed by atoms with Gasteiger partial charge >= 0.3 is 0 Å². The Balaban J connectivity index is 1.13. The summed E-state index contributed by atoms with van der Waals surface area (Å²) < 4.78 is 0. The minimum atomic E-state index is 0.0420. The van der Waals surface area contributed by atoms with Crippen LogP contribution >= 0.6 is 0 Å². The van der Waals surface area contributed by atoms with Crippen LogP contribution < -0.4 is 0 Å². The lowest BCUT2D eigenvalue weighted by molar-refractivity contribution is 0.0679. The maximum absolute atomic E-state index is 12.5. The number of fused-ring (bicyclic) bond motifs is 1. The standard InChI is InChI=1S/C24H28N4O2/c29-23(22-16-19-17-25-13-9-20(19)27-22)8-3-1-2-6-18-10-14-28(15-11-18)24(30)21-7-4-5-12-26-21/h4-5,7,9,12-13,16-18,27H,1-3,6,8,10-11,14-15H2. The molecule has 0 bridgehead atoms. The molecule has 1 aliphatic rings. The summed E-state index contributed by atoms with van der Waals surface area (Å²) in [6.45, 7) is 1.63. The van der Waals surface area contributed by atoms with E-state index in [4.69, 9.17) is 0 Å². The molecule has 1 saturated heterocycles. The number of amides is 1. The van der Waals surface area contributed by atoms with Crippen molar-refractivity contribution in [1.29, 1.82) is 0 Å². The van der Waals surface area contributed by atoms with Crippen molar-refractivity contribution in [2.45, 2.75) is 44.9 Å². The van der Waals surface area contributed by atoms with Gasteiger partial charge < -0.3 is 9.88 Å². The summed E-state index contributed by atoms with van der Waals surface area (Å²) in [5, 5.41) is 0.980. The van der Waals surface area contributed by atoms with Crippen molar-refractivity contribution in [2.75, 3.05) is 13.1 Å². The summed E-state index contributed by atoms with van der Waals surface area (Å²) in [6, 6.07) is 9.25. The van der Waals surface area contributed by atoms with E-state index in [0.717, 1.165) is 56.1 Å². The third-order valence-electron chi connectivity index (χ3n) is 6.02. The predicted octanol–water partition coefficient (Wildman–Crippen LogP) is 4.64. The highest BCUT2D eigenvalue weighted by Gasteiger charge is 2.23. The Hall–Kier alpha value is -3.02. The Morgan fingerprint density at radius 2 is 1.93 bits per heavy atom. The molecule has 30 heavy (non-hydrogen) atoms. The number of rotatable bonds is 8. The molecule has 6 nitrogen and oxygen atoms in total. The summed E-state index contributed by atoms with van der Waals surface area (Å²) in [6.07, 6.45) is 12.2. The van der Waals surface area contributed by atoms with E-state index in [1.165, 1.54) is 6.42 Å². The third kappa shape index (κ3) is 4.93. The minimum Gasteiger partial charge on any atom is -0.352 e. The molecule has 0 aliphatic carbocycles. The smallest absolute Gasteiger partial charge is 0.272 e. The van der Waals surface area contributed by atoms with Gasteiger partial charge in [-0.2, -0.15) is 0 Å². The number of nitrogens with one attached hydrogen (secondary N) is 1. The second-order valence-corrected chi connectivity index (χ2v) is 8.12. The molecule has 0 atom stereocenters. The number of aromatic amines is 1. The minimum absolute atomic E-state index is 0.0420. The topological polar surface area (TPSA) is 79.0 Å². The van der Waals surface area contributed by atoms with Gasteiger partial charge in [-0.15, -0.1) is 0 Å². The van der Waals surface area contributed by atoms with Crippen molar-refractivity contribution in [3.8, 4) is 0 Å². The van der Waals surface area contributed by atoms with Crippen molar-refractivity contribution in [3.05, 3.63) is 60.3 Å². The van der Waals surface area contributed by atoms with Gasteiger partial charge in [-0.1, -0.05) is 25.3 Å². The van der Waals surface area contributed by atoms with Crippen LogP contribution in [-0.4, -0.2) is 44.6 Å². The van der Waals surface area contributed by atoms with Crippen LogP contribution in [-0.2, 0) is 0 Å². The molecular weight excluding hydrogens is 376 g/mol. The van der Waals surface area contributed by atoms with Gasteiger partial charge in [-0.25, -0.2) is 0 Å². The van der Waals surface area contributed by atoms with Crippen molar-refractivity contribution >= 4 is 22.6 Å². The van der Waals surface area contributed by atoms with Gasteiger partial charge in [0.2, 0.25) is 0 Å². The quantitative estimate of drug-likeness (QED) is 0.438. The van der Waals surface area contributed by atoms with Crippen molar-refractivity contribution < 1.29 is 9.59 Å². The van der Waals surface area contributed by atoms with Crippen LogP contribution in [0.4, 0.5) is 0 Å². The van der Waals surface area contributed by atoms with E-state index in [1.807, 2.05) is 29.2 Å². The number of unbranched alkanes of at least 4 members (excludes halogenated alkanes) is 2. The summed E-state index contributed by atoms with van der Waals surface area (Å²) in [7, 11) is 0. The lowest BCUT2D eigenvalue weighted by atomic mass is 9.91. The number of piperidine rings is 1. The van der Waals surface area contributed by atoms with Crippen LogP contribution in [0.2, 0.25) is 0 Å². The molecule has 0 aromatic carbocycles. The van der Waals surface area contributed by atoms with Crippen LogP contribution in [0.3, 0.4) is 0 Å². The van der Waals surface area contributed by atoms with E-state index in [2.05, 4.69) is 15.0 Å². The Morgan fingerprint density at radius 1 is 1.07 bits per heavy atom. The van der Waals surface area contributed by atoms with Crippen molar-refractivity contribution in [1.82, 2.24) is 19.9 Å². The monoisotopic (exact) mass is 404 g/mol. The zero-order valence-electron chi connectivity index (χ0n) is 17.2. The molecule has 4 heterocycles. The number of H-pyrrole nitrogens is 1. The number of ketones is 1. The summed E-state index contributed by atoms with van der Waals surface area (Å²) in [4.78, 5) is 38.2. The van der Waals surface area contributed by atoms with E-state index < -0.39 is 0 Å². The van der Waals surface area contributed by atoms with Crippen molar-refractivity contribution in [2.24, 2.45) is 5.92 Å². The highest BCUT2D eigenvalue weighted by Crippen LogP contribution is 2.24. The van der Waals surface area contributed by atoms with E-state index in [-0.39, 0.29) is 11.7 Å². The SMILES string of the molecule is O=C(CCCCCC1CCN(C(=O)c2ccccn2)CC1)c1cc2cnccc2[nH]1. The van der Waals surface area contributed by atoms with E-state index in [0.29, 0.717) is 23.7 Å². The Bertz CT molecular complexity index is 958. The number of hydrogen-bond donors (Lipinski definition) is 1. The van der Waals surface area contributed by atoms with Gasteiger partial charge in [-0.05, 0) is 49.4 Å². The second kappa shape index (κ2) is 9.65. The fourth-order valence-corrected chi connectivity index (χ4v) is 4.23. The van der Waals surface area contributed by atoms with Gasteiger partial charge in [0, 0.05) is 49.0 Å². The number of likely N-dealkylation sites (tertiary alicyclic amines) is 1. The Labute approximate surface area is 176 Å². The number of aromatic nitrogens is 3. The third-order valence-corrected chi connectivity index (χ3v) is 6.02. The van der Waals surface area contributed by atoms with Crippen LogP contribution in [0.25, 0.3) is 10.9 Å². The van der Waals surface area contributed by atoms with E-state index in [1.54, 1.807) is 24.7 Å². The van der Waals surface area contributed by atoms with E-state index >= 15 is 0 Å². The zero-order chi connectivity index (χ0) is 20.8. The molecule has 0 saturated carbocycles. The maximum atomic E-state index is 12.5. The molecule has 156 valence electrons. The summed E-state index contributed by atoms with van der Waals surface area (Å²) >= 11 is 0. The Kier molecular flexibility index (Phi) is 6.52. The maximum Gasteiger partial charge on any atom is 0.272 e. The van der Waals surface area contributed by atoms with Gasteiger partial charge in [0.25, 0.3) is 5.91 Å². The highest BCUT2D eigenvalue weighted by atomic mass is 16.2. The highest BCUT2D eigenvalue weighted by molar-refractivity contribution is 5.99. The van der Waals surface area contributed by atoms with Gasteiger partial charge in [0.15, 0.2) is 5.78 Å². The molecule has 1 fully saturated rings. The van der Waals surface area contributed by atoms with Crippen LogP contribution in [0.1, 0.15) is 65.9 Å². The second-order valence-electron chi connectivity index (χ2n) is 8.12. The van der Waals surface area contributed by atoms with Crippen molar-refractivity contribution in [3.63, 3.8) is 0 Å². The molecule has 1 aliphatic heterocycles. The van der Waals surface area contributed by atoms with Gasteiger partial charge in [0.05, 0.1) is 5.69 Å². The molecule has 4 rings (SSSR count). The number of Topliss-reactive ketones (excluding diaryl/α,β-unsaturated/α-hetero) is 1. The van der Waals surface area contributed by atoms with Crippen LogP contribution in [0, 0.1) is 5.92 Å². The first kappa shape index (κ1) is 20.3. The lowest BCUT2D eigenvalue weighted by Gasteiger charge is -2.31. The summed E-state index contributed by atoms with van der Waals surface area (Å²) in [5.41, 5.74) is 2.18. The zero-order valence-corrected chi connectivity index (χ0v) is 17.2. The molecule has 6 heteroatoms. The van der Waals surface area contributed by atoms with Gasteiger partial charge in [-0.3, -0.25) is 19.6 Å². The fraction of sp³-hybridized carbons (Fsp3) is 0.417. The van der Waals surface area contributed by atoms with Crippen LogP contribution in [0.15, 0.2) is 48.9 Å². The Morgan fingerprint density at radius 3 is 2.70 bits per heavy atom. The number of nitrogens with zero attached hydrogens (tertiary/aromatic N) is 3. The first-order valence-electron chi connectivity index (χ1n) is 10.9. The number of carbonyl (C=O) groups excluding carboxylic acids is 2. The molecule has 0 radical (unpaired) electrons. The van der Waals surface area contributed by atoms with Gasteiger partial charge in [0.1, 0.15) is 5.69 Å². The largest absolute Gasteiger partial charge is 0.352 e. The number of pyridine rings is 2.